The number of phenols is 1. The first-order chi connectivity index (χ1) is 12.3. The maximum Gasteiger partial charge on any atom is 0.329 e. The van der Waals surface area contributed by atoms with Gasteiger partial charge in [-0.3, -0.25) is 14.3 Å². The Kier molecular flexibility index (Phi) is 4.68. The Morgan fingerprint density at radius 3 is 2.81 bits per heavy atom. The van der Waals surface area contributed by atoms with E-state index in [1.165, 1.54) is 17.8 Å². The van der Waals surface area contributed by atoms with Crippen molar-refractivity contribution in [2.75, 3.05) is 5.43 Å². The van der Waals surface area contributed by atoms with Crippen molar-refractivity contribution in [2.45, 2.75) is 19.9 Å². The molecule has 10 heteroatoms. The highest BCUT2D eigenvalue weighted by Gasteiger charge is 2.18. The molecule has 2 heterocycles. The summed E-state index contributed by atoms with van der Waals surface area (Å²) < 4.78 is 3.73. The molecule has 0 aliphatic carbocycles. The van der Waals surface area contributed by atoms with Gasteiger partial charge in [0.2, 0.25) is 5.95 Å². The SMILES string of the molecule is CC(C)n1c(N/N=C/c2cc(Br)ccc2O)nc2c1c(=O)[nH]c(=O)n2C. The number of aromatic nitrogens is 4. The second kappa shape index (κ2) is 6.79. The molecule has 1 aromatic carbocycles. The molecule has 3 rings (SSSR count). The number of phenolic OH excluding ortho intramolecular Hbond substituents is 1. The molecule has 0 bridgehead atoms. The van der Waals surface area contributed by atoms with Crippen molar-refractivity contribution in [1.82, 2.24) is 19.1 Å². The molecule has 0 amide bonds. The van der Waals surface area contributed by atoms with Crippen molar-refractivity contribution in [3.8, 4) is 5.75 Å². The van der Waals surface area contributed by atoms with Crippen LogP contribution in [0.15, 0.2) is 37.4 Å². The smallest absolute Gasteiger partial charge is 0.329 e. The van der Waals surface area contributed by atoms with E-state index < -0.39 is 11.2 Å². The summed E-state index contributed by atoms with van der Waals surface area (Å²) in [5.74, 6) is 0.391. The van der Waals surface area contributed by atoms with E-state index in [4.69, 9.17) is 0 Å². The molecule has 0 atom stereocenters. The van der Waals surface area contributed by atoms with E-state index in [0.29, 0.717) is 11.5 Å². The fourth-order valence-corrected chi connectivity index (χ4v) is 2.95. The Morgan fingerprint density at radius 1 is 1.38 bits per heavy atom. The minimum atomic E-state index is -0.537. The molecule has 0 aliphatic rings. The van der Waals surface area contributed by atoms with E-state index >= 15 is 0 Å². The van der Waals surface area contributed by atoms with Crippen LogP contribution in [-0.2, 0) is 7.05 Å². The summed E-state index contributed by atoms with van der Waals surface area (Å²) in [6.07, 6.45) is 1.44. The molecule has 3 N–H and O–H groups in total. The second-order valence-electron chi connectivity index (χ2n) is 5.96. The quantitative estimate of drug-likeness (QED) is 0.440. The number of aromatic amines is 1. The van der Waals surface area contributed by atoms with Crippen LogP contribution in [0.2, 0.25) is 0 Å². The highest BCUT2D eigenvalue weighted by atomic mass is 79.9. The number of halogens is 1. The maximum absolute atomic E-state index is 12.2. The number of nitrogens with one attached hydrogen (secondary N) is 2. The summed E-state index contributed by atoms with van der Waals surface area (Å²) in [7, 11) is 1.53. The lowest BCUT2D eigenvalue weighted by molar-refractivity contribution is 0.474. The molecule has 0 radical (unpaired) electrons. The Morgan fingerprint density at radius 2 is 2.12 bits per heavy atom. The minimum Gasteiger partial charge on any atom is -0.507 e. The maximum atomic E-state index is 12.2. The topological polar surface area (TPSA) is 117 Å². The van der Waals surface area contributed by atoms with Crippen molar-refractivity contribution < 1.29 is 5.11 Å². The van der Waals surface area contributed by atoms with E-state index in [0.717, 1.165) is 4.47 Å². The largest absolute Gasteiger partial charge is 0.507 e. The average molecular weight is 421 g/mol. The number of nitrogens with zero attached hydrogens (tertiary/aromatic N) is 4. The first-order valence-electron chi connectivity index (χ1n) is 7.78. The first-order valence-corrected chi connectivity index (χ1v) is 8.57. The molecule has 0 unspecified atom stereocenters. The number of hydrogen-bond donors (Lipinski definition) is 3. The van der Waals surface area contributed by atoms with Crippen molar-refractivity contribution >= 4 is 39.3 Å². The van der Waals surface area contributed by atoms with Crippen LogP contribution < -0.4 is 16.7 Å². The molecule has 0 fully saturated rings. The van der Waals surface area contributed by atoms with Crippen molar-refractivity contribution in [3.63, 3.8) is 0 Å². The number of fused-ring (bicyclic) bond motifs is 1. The number of hydrazone groups is 1. The third kappa shape index (κ3) is 3.15. The highest BCUT2D eigenvalue weighted by Crippen LogP contribution is 2.22. The Balaban J connectivity index is 2.06. The number of aryl methyl sites for hydroxylation is 1. The van der Waals surface area contributed by atoms with E-state index in [1.54, 1.807) is 22.8 Å². The molecule has 0 spiro atoms. The lowest BCUT2D eigenvalue weighted by Crippen LogP contribution is -2.29. The van der Waals surface area contributed by atoms with E-state index in [2.05, 4.69) is 36.4 Å². The fraction of sp³-hybridized carbons (Fsp3) is 0.250. The number of rotatable bonds is 4. The monoisotopic (exact) mass is 420 g/mol. The summed E-state index contributed by atoms with van der Waals surface area (Å²) in [5, 5.41) is 13.9. The van der Waals surface area contributed by atoms with Gasteiger partial charge in [0.15, 0.2) is 11.2 Å². The van der Waals surface area contributed by atoms with Gasteiger partial charge >= 0.3 is 5.69 Å². The standard InChI is InChI=1S/C16H17BrN6O3/c1-8(2)23-12-13(22(3)16(26)20-14(12)25)19-15(23)21-18-7-9-6-10(17)4-5-11(9)24/h4-8,24H,1-3H3,(H,19,21)(H,20,25,26)/b18-7+. The molecule has 0 aliphatic heterocycles. The first kappa shape index (κ1) is 17.9. The number of anilines is 1. The van der Waals surface area contributed by atoms with Crippen LogP contribution in [0.5, 0.6) is 5.75 Å². The van der Waals surface area contributed by atoms with E-state index in [1.807, 2.05) is 13.8 Å². The van der Waals surface area contributed by atoms with Crippen LogP contribution >= 0.6 is 15.9 Å². The normalized spacial score (nSPS) is 11.7. The average Bonchev–Trinajstić information content (AvgIpc) is 2.96. The van der Waals surface area contributed by atoms with Crippen LogP contribution in [0.3, 0.4) is 0 Å². The lowest BCUT2D eigenvalue weighted by atomic mass is 10.2. The van der Waals surface area contributed by atoms with Crippen LogP contribution in [0.25, 0.3) is 11.2 Å². The van der Waals surface area contributed by atoms with Crippen LogP contribution in [-0.4, -0.2) is 30.4 Å². The molecule has 26 heavy (non-hydrogen) atoms. The summed E-state index contributed by atoms with van der Waals surface area (Å²) in [6.45, 7) is 3.78. The zero-order chi connectivity index (χ0) is 19.0. The summed E-state index contributed by atoms with van der Waals surface area (Å²) in [6, 6.07) is 4.87. The summed E-state index contributed by atoms with van der Waals surface area (Å²) in [4.78, 5) is 30.6. The second-order valence-corrected chi connectivity index (χ2v) is 6.88. The van der Waals surface area contributed by atoms with Crippen LogP contribution in [0.4, 0.5) is 5.95 Å². The van der Waals surface area contributed by atoms with Gasteiger partial charge in [-0.05, 0) is 32.0 Å². The molecule has 136 valence electrons. The Bertz CT molecular complexity index is 1130. The van der Waals surface area contributed by atoms with Gasteiger partial charge in [-0.2, -0.15) is 10.1 Å². The van der Waals surface area contributed by atoms with Gasteiger partial charge in [0.05, 0.1) is 6.21 Å². The van der Waals surface area contributed by atoms with Crippen LogP contribution in [0, 0.1) is 0 Å². The Labute approximate surface area is 156 Å². The van der Waals surface area contributed by atoms with Crippen molar-refractivity contribution in [2.24, 2.45) is 12.1 Å². The lowest BCUT2D eigenvalue weighted by Gasteiger charge is -2.11. The van der Waals surface area contributed by atoms with Crippen molar-refractivity contribution in [3.05, 3.63) is 49.1 Å². The summed E-state index contributed by atoms with van der Waals surface area (Å²) >= 11 is 3.33. The zero-order valence-corrected chi connectivity index (χ0v) is 15.9. The molecule has 3 aromatic rings. The number of hydrogen-bond acceptors (Lipinski definition) is 6. The highest BCUT2D eigenvalue weighted by molar-refractivity contribution is 9.10. The van der Waals surface area contributed by atoms with Gasteiger partial charge in [-0.1, -0.05) is 15.9 Å². The van der Waals surface area contributed by atoms with Gasteiger partial charge < -0.3 is 9.67 Å². The van der Waals surface area contributed by atoms with Gasteiger partial charge in [0.1, 0.15) is 5.75 Å². The van der Waals surface area contributed by atoms with Crippen LogP contribution in [0.1, 0.15) is 25.5 Å². The predicted molar refractivity (Wildman–Crippen MR) is 103 cm³/mol. The van der Waals surface area contributed by atoms with E-state index in [9.17, 15) is 14.7 Å². The summed E-state index contributed by atoms with van der Waals surface area (Å²) in [5.41, 5.74) is 2.78. The Hall–Kier alpha value is -2.88. The van der Waals surface area contributed by atoms with Gasteiger partial charge in [0.25, 0.3) is 5.56 Å². The van der Waals surface area contributed by atoms with Crippen molar-refractivity contribution in [1.29, 1.82) is 0 Å². The predicted octanol–water partition coefficient (Wildman–Crippen LogP) is 1.92. The van der Waals surface area contributed by atoms with E-state index in [-0.39, 0.29) is 23.0 Å². The fourth-order valence-electron chi connectivity index (χ4n) is 2.57. The number of imidazole rings is 1. The number of aromatic hydroxyl groups is 1. The minimum absolute atomic E-state index is 0.0787. The van der Waals surface area contributed by atoms with Gasteiger partial charge in [-0.15, -0.1) is 0 Å². The third-order valence-electron chi connectivity index (χ3n) is 3.82. The number of benzene rings is 1. The van der Waals surface area contributed by atoms with Gasteiger partial charge in [0, 0.05) is 23.1 Å². The number of H-pyrrole nitrogens is 1. The molecule has 9 nitrogen and oxygen atoms in total. The molecular weight excluding hydrogens is 404 g/mol. The molecular formula is C16H17BrN6O3. The molecule has 0 saturated carbocycles. The zero-order valence-electron chi connectivity index (χ0n) is 14.3. The molecule has 2 aromatic heterocycles. The van der Waals surface area contributed by atoms with Gasteiger partial charge in [-0.25, -0.2) is 10.2 Å². The molecule has 0 saturated heterocycles. The third-order valence-corrected chi connectivity index (χ3v) is 4.32.